The third-order valence-corrected chi connectivity index (χ3v) is 3.03. The normalized spacial score (nSPS) is 10.3. The van der Waals surface area contributed by atoms with Crippen LogP contribution >= 0.6 is 0 Å². The highest BCUT2D eigenvalue weighted by Gasteiger charge is 2.14. The first kappa shape index (κ1) is 13.3. The van der Waals surface area contributed by atoms with Crippen LogP contribution < -0.4 is 10.2 Å². The SMILES string of the molecule is CCc1c(NC)ncnc1N(C)c1cccc(F)c1. The first-order valence-electron chi connectivity index (χ1n) is 6.18. The quantitative estimate of drug-likeness (QED) is 0.917. The third kappa shape index (κ3) is 2.65. The Bertz CT molecular complexity index is 571. The van der Waals surface area contributed by atoms with Gasteiger partial charge in [0, 0.05) is 25.3 Å². The zero-order valence-corrected chi connectivity index (χ0v) is 11.3. The Balaban J connectivity index is 2.46. The summed E-state index contributed by atoms with van der Waals surface area (Å²) >= 11 is 0. The number of aromatic nitrogens is 2. The van der Waals surface area contributed by atoms with E-state index in [9.17, 15) is 4.39 Å². The van der Waals surface area contributed by atoms with Gasteiger partial charge in [-0.3, -0.25) is 0 Å². The van der Waals surface area contributed by atoms with Gasteiger partial charge in [-0.1, -0.05) is 13.0 Å². The Hall–Kier alpha value is -2.17. The van der Waals surface area contributed by atoms with E-state index in [2.05, 4.69) is 15.3 Å². The lowest BCUT2D eigenvalue weighted by atomic mass is 10.2. The molecule has 0 fully saturated rings. The second kappa shape index (κ2) is 5.65. The van der Waals surface area contributed by atoms with E-state index >= 15 is 0 Å². The maximum atomic E-state index is 13.3. The number of hydrogen-bond acceptors (Lipinski definition) is 4. The molecule has 1 aromatic carbocycles. The Morgan fingerprint density at radius 3 is 2.74 bits per heavy atom. The average Bonchev–Trinajstić information content (AvgIpc) is 2.45. The van der Waals surface area contributed by atoms with Crippen molar-refractivity contribution in [3.05, 3.63) is 42.0 Å². The highest BCUT2D eigenvalue weighted by atomic mass is 19.1. The van der Waals surface area contributed by atoms with Crippen molar-refractivity contribution in [1.29, 1.82) is 0 Å². The Labute approximate surface area is 112 Å². The lowest BCUT2D eigenvalue weighted by Gasteiger charge is -2.22. The van der Waals surface area contributed by atoms with Crippen LogP contribution in [-0.4, -0.2) is 24.1 Å². The highest BCUT2D eigenvalue weighted by Crippen LogP contribution is 2.28. The number of hydrogen-bond donors (Lipinski definition) is 1. The third-order valence-electron chi connectivity index (χ3n) is 3.03. The standard InChI is InChI=1S/C14H17FN4/c1-4-12-13(16-2)17-9-18-14(12)19(3)11-7-5-6-10(15)8-11/h5-9H,4H2,1-3H3,(H,16,17,18). The molecule has 0 aliphatic rings. The van der Waals surface area contributed by atoms with Crippen molar-refractivity contribution in [2.45, 2.75) is 13.3 Å². The molecule has 0 atom stereocenters. The molecule has 0 saturated heterocycles. The fourth-order valence-corrected chi connectivity index (χ4v) is 2.04. The Morgan fingerprint density at radius 1 is 1.32 bits per heavy atom. The monoisotopic (exact) mass is 260 g/mol. The van der Waals surface area contributed by atoms with Crippen molar-refractivity contribution in [3.8, 4) is 0 Å². The molecule has 0 amide bonds. The van der Waals surface area contributed by atoms with E-state index in [1.54, 1.807) is 6.07 Å². The minimum absolute atomic E-state index is 0.259. The minimum Gasteiger partial charge on any atom is -0.373 e. The van der Waals surface area contributed by atoms with Gasteiger partial charge in [0.05, 0.1) is 0 Å². The minimum atomic E-state index is -0.259. The van der Waals surface area contributed by atoms with Gasteiger partial charge in [-0.15, -0.1) is 0 Å². The summed E-state index contributed by atoms with van der Waals surface area (Å²) in [5, 5.41) is 3.05. The van der Waals surface area contributed by atoms with Gasteiger partial charge < -0.3 is 10.2 Å². The molecule has 0 spiro atoms. The fraction of sp³-hybridized carbons (Fsp3) is 0.286. The fourth-order valence-electron chi connectivity index (χ4n) is 2.04. The molecule has 2 aromatic rings. The number of nitrogens with one attached hydrogen (secondary N) is 1. The first-order valence-corrected chi connectivity index (χ1v) is 6.18. The molecule has 4 nitrogen and oxygen atoms in total. The van der Waals surface area contributed by atoms with Crippen LogP contribution in [-0.2, 0) is 6.42 Å². The summed E-state index contributed by atoms with van der Waals surface area (Å²) in [5.74, 6) is 1.33. The van der Waals surface area contributed by atoms with Crippen molar-refractivity contribution < 1.29 is 4.39 Å². The zero-order chi connectivity index (χ0) is 13.8. The van der Waals surface area contributed by atoms with Gasteiger partial charge in [-0.2, -0.15) is 0 Å². The number of benzene rings is 1. The first-order chi connectivity index (χ1) is 9.17. The Kier molecular flexibility index (Phi) is 3.94. The molecule has 0 aliphatic carbocycles. The molecule has 19 heavy (non-hydrogen) atoms. The van der Waals surface area contributed by atoms with E-state index in [1.165, 1.54) is 18.5 Å². The average molecular weight is 260 g/mol. The van der Waals surface area contributed by atoms with E-state index in [4.69, 9.17) is 0 Å². The summed E-state index contributed by atoms with van der Waals surface area (Å²) in [7, 11) is 3.70. The van der Waals surface area contributed by atoms with Crippen LogP contribution in [0.25, 0.3) is 0 Å². The highest BCUT2D eigenvalue weighted by molar-refractivity contribution is 5.66. The smallest absolute Gasteiger partial charge is 0.141 e. The zero-order valence-electron chi connectivity index (χ0n) is 11.3. The molecule has 1 aromatic heterocycles. The van der Waals surface area contributed by atoms with Crippen LogP contribution in [0.15, 0.2) is 30.6 Å². The van der Waals surface area contributed by atoms with Crippen LogP contribution in [0.4, 0.5) is 21.7 Å². The van der Waals surface area contributed by atoms with Crippen molar-refractivity contribution in [2.24, 2.45) is 0 Å². The molecule has 1 N–H and O–H groups in total. The number of rotatable bonds is 4. The predicted octanol–water partition coefficient (Wildman–Crippen LogP) is 2.99. The van der Waals surface area contributed by atoms with Crippen molar-refractivity contribution in [3.63, 3.8) is 0 Å². The molecule has 100 valence electrons. The van der Waals surface area contributed by atoms with E-state index in [0.29, 0.717) is 0 Å². The second-order valence-electron chi connectivity index (χ2n) is 4.17. The molecule has 0 aliphatic heterocycles. The second-order valence-corrected chi connectivity index (χ2v) is 4.17. The molecule has 1 heterocycles. The summed E-state index contributed by atoms with van der Waals surface area (Å²) < 4.78 is 13.3. The van der Waals surface area contributed by atoms with Gasteiger partial charge in [0.2, 0.25) is 0 Å². The summed E-state index contributed by atoms with van der Waals surface area (Å²) in [6.45, 7) is 2.04. The van der Waals surface area contributed by atoms with Crippen LogP contribution in [0.1, 0.15) is 12.5 Å². The predicted molar refractivity (Wildman–Crippen MR) is 75.4 cm³/mol. The molecule has 2 rings (SSSR count). The van der Waals surface area contributed by atoms with Gasteiger partial charge in [0.25, 0.3) is 0 Å². The summed E-state index contributed by atoms with van der Waals surface area (Å²) in [6, 6.07) is 6.45. The number of anilines is 3. The van der Waals surface area contributed by atoms with Crippen molar-refractivity contribution >= 4 is 17.3 Å². The van der Waals surface area contributed by atoms with Gasteiger partial charge in [-0.25, -0.2) is 14.4 Å². The molecular formula is C14H17FN4. The topological polar surface area (TPSA) is 41.1 Å². The van der Waals surface area contributed by atoms with Crippen LogP contribution in [0, 0.1) is 5.82 Å². The van der Waals surface area contributed by atoms with Gasteiger partial charge >= 0.3 is 0 Å². The van der Waals surface area contributed by atoms with Crippen molar-refractivity contribution in [2.75, 3.05) is 24.3 Å². The molecule has 0 radical (unpaired) electrons. The summed E-state index contributed by atoms with van der Waals surface area (Å²) in [6.07, 6.45) is 2.31. The Morgan fingerprint density at radius 2 is 2.11 bits per heavy atom. The number of nitrogens with zero attached hydrogens (tertiary/aromatic N) is 3. The van der Waals surface area contributed by atoms with E-state index in [-0.39, 0.29) is 5.82 Å². The molecular weight excluding hydrogens is 243 g/mol. The molecule has 0 unspecified atom stereocenters. The molecule has 5 heteroatoms. The van der Waals surface area contributed by atoms with E-state index in [0.717, 1.165) is 29.3 Å². The maximum absolute atomic E-state index is 13.3. The van der Waals surface area contributed by atoms with Crippen LogP contribution in [0.2, 0.25) is 0 Å². The largest absolute Gasteiger partial charge is 0.373 e. The number of halogens is 1. The van der Waals surface area contributed by atoms with E-state index < -0.39 is 0 Å². The van der Waals surface area contributed by atoms with Crippen LogP contribution in [0.5, 0.6) is 0 Å². The summed E-state index contributed by atoms with van der Waals surface area (Å²) in [5.41, 5.74) is 1.77. The van der Waals surface area contributed by atoms with Gasteiger partial charge in [-0.05, 0) is 24.6 Å². The van der Waals surface area contributed by atoms with E-state index in [1.807, 2.05) is 32.0 Å². The van der Waals surface area contributed by atoms with Crippen molar-refractivity contribution in [1.82, 2.24) is 9.97 Å². The van der Waals surface area contributed by atoms with Crippen LogP contribution in [0.3, 0.4) is 0 Å². The van der Waals surface area contributed by atoms with Gasteiger partial charge in [0.1, 0.15) is 23.8 Å². The lowest BCUT2D eigenvalue weighted by Crippen LogP contribution is -2.15. The molecule has 0 bridgehead atoms. The van der Waals surface area contributed by atoms with Gasteiger partial charge in [0.15, 0.2) is 0 Å². The molecule has 0 saturated carbocycles. The lowest BCUT2D eigenvalue weighted by molar-refractivity contribution is 0.628. The maximum Gasteiger partial charge on any atom is 0.141 e. The summed E-state index contributed by atoms with van der Waals surface area (Å²) in [4.78, 5) is 10.4.